The maximum absolute atomic E-state index is 10.3. The van der Waals surface area contributed by atoms with Crippen molar-refractivity contribution in [3.63, 3.8) is 0 Å². The number of hydrogen-bond acceptors (Lipinski definition) is 6. The van der Waals surface area contributed by atoms with Crippen LogP contribution in [-0.2, 0) is 29.0 Å². The minimum atomic E-state index is -0.982. The largest absolute Gasteiger partial charge is 0.362 e. The Bertz CT molecular complexity index is 174. The first-order valence-corrected chi connectivity index (χ1v) is 2.98. The third-order valence-corrected chi connectivity index (χ3v) is 0.728. The SMILES string of the molecule is O=CCC(=O)OOC(=O)CC=O. The highest BCUT2D eigenvalue weighted by Crippen LogP contribution is 1.88. The molecule has 0 rings (SSSR count). The fourth-order valence-electron chi connectivity index (χ4n) is 0.297. The molecular weight excluding hydrogens is 168 g/mol. The molecule has 66 valence electrons. The van der Waals surface area contributed by atoms with Gasteiger partial charge >= 0.3 is 11.9 Å². The second-order valence-corrected chi connectivity index (χ2v) is 1.65. The Balaban J connectivity index is 3.53. The third kappa shape index (κ3) is 5.10. The molecule has 0 spiro atoms. The van der Waals surface area contributed by atoms with E-state index in [-0.39, 0.29) is 0 Å². The summed E-state index contributed by atoms with van der Waals surface area (Å²) in [6, 6.07) is 0. The molecule has 0 aromatic rings. The maximum atomic E-state index is 10.3. The van der Waals surface area contributed by atoms with Crippen LogP contribution in [0, 0.1) is 0 Å². The zero-order chi connectivity index (χ0) is 9.40. The van der Waals surface area contributed by atoms with Crippen LogP contribution in [0.4, 0.5) is 0 Å². The normalized spacial score (nSPS) is 8.33. The van der Waals surface area contributed by atoms with E-state index >= 15 is 0 Å². The summed E-state index contributed by atoms with van der Waals surface area (Å²) in [5.41, 5.74) is 0. The Morgan fingerprint density at radius 3 is 1.50 bits per heavy atom. The van der Waals surface area contributed by atoms with Gasteiger partial charge in [-0.2, -0.15) is 0 Å². The van der Waals surface area contributed by atoms with E-state index in [4.69, 9.17) is 0 Å². The summed E-state index contributed by atoms with van der Waals surface area (Å²) in [7, 11) is 0. The van der Waals surface area contributed by atoms with Gasteiger partial charge in [-0.15, -0.1) is 0 Å². The van der Waals surface area contributed by atoms with E-state index < -0.39 is 24.8 Å². The molecular formula is C6H6O6. The summed E-state index contributed by atoms with van der Waals surface area (Å²) in [5.74, 6) is -1.96. The number of hydrogen-bond donors (Lipinski definition) is 0. The lowest BCUT2D eigenvalue weighted by Gasteiger charge is -1.97. The minimum Gasteiger partial charge on any atom is -0.303 e. The molecule has 0 bridgehead atoms. The zero-order valence-corrected chi connectivity index (χ0v) is 6.02. The number of rotatable bonds is 4. The molecule has 0 aliphatic carbocycles. The van der Waals surface area contributed by atoms with Crippen molar-refractivity contribution in [2.24, 2.45) is 0 Å². The highest BCUT2D eigenvalue weighted by atomic mass is 17.2. The molecule has 0 saturated carbocycles. The van der Waals surface area contributed by atoms with E-state index in [1.54, 1.807) is 0 Å². The molecule has 0 amide bonds. The van der Waals surface area contributed by atoms with E-state index in [0.29, 0.717) is 12.6 Å². The molecule has 0 heterocycles. The molecule has 0 N–H and O–H groups in total. The van der Waals surface area contributed by atoms with Gasteiger partial charge in [0.25, 0.3) is 0 Å². The van der Waals surface area contributed by atoms with Crippen molar-refractivity contribution in [1.29, 1.82) is 0 Å². The van der Waals surface area contributed by atoms with Crippen LogP contribution in [0.2, 0.25) is 0 Å². The van der Waals surface area contributed by atoms with E-state index in [2.05, 4.69) is 9.78 Å². The van der Waals surface area contributed by atoms with Crippen LogP contribution in [0.5, 0.6) is 0 Å². The van der Waals surface area contributed by atoms with Crippen molar-refractivity contribution < 1.29 is 29.0 Å². The number of carbonyl (C=O) groups excluding carboxylic acids is 4. The Labute approximate surface area is 67.4 Å². The van der Waals surface area contributed by atoms with Crippen LogP contribution >= 0.6 is 0 Å². The van der Waals surface area contributed by atoms with E-state index in [1.165, 1.54) is 0 Å². The second-order valence-electron chi connectivity index (χ2n) is 1.65. The zero-order valence-electron chi connectivity index (χ0n) is 6.02. The van der Waals surface area contributed by atoms with Crippen molar-refractivity contribution in [2.75, 3.05) is 0 Å². The first kappa shape index (κ1) is 10.3. The van der Waals surface area contributed by atoms with Gasteiger partial charge in [-0.05, 0) is 0 Å². The van der Waals surface area contributed by atoms with Gasteiger partial charge in [0, 0.05) is 0 Å². The molecule has 6 heteroatoms. The minimum absolute atomic E-state index is 0.301. The topological polar surface area (TPSA) is 86.7 Å². The van der Waals surface area contributed by atoms with Crippen LogP contribution in [0.1, 0.15) is 12.8 Å². The quantitative estimate of drug-likeness (QED) is 0.239. The second kappa shape index (κ2) is 6.02. The van der Waals surface area contributed by atoms with Crippen molar-refractivity contribution in [3.8, 4) is 0 Å². The molecule has 0 radical (unpaired) electrons. The van der Waals surface area contributed by atoms with Crippen molar-refractivity contribution in [3.05, 3.63) is 0 Å². The van der Waals surface area contributed by atoms with E-state index in [0.717, 1.165) is 0 Å². The van der Waals surface area contributed by atoms with Gasteiger partial charge < -0.3 is 9.59 Å². The lowest BCUT2D eigenvalue weighted by atomic mass is 10.5. The van der Waals surface area contributed by atoms with Gasteiger partial charge in [-0.1, -0.05) is 0 Å². The van der Waals surface area contributed by atoms with Gasteiger partial charge in [0.15, 0.2) is 0 Å². The van der Waals surface area contributed by atoms with E-state index in [9.17, 15) is 19.2 Å². The first-order valence-electron chi connectivity index (χ1n) is 2.98. The third-order valence-electron chi connectivity index (χ3n) is 0.728. The molecule has 0 unspecified atom stereocenters. The van der Waals surface area contributed by atoms with Gasteiger partial charge in [0.05, 0.1) is 0 Å². The van der Waals surface area contributed by atoms with E-state index in [1.807, 2.05) is 0 Å². The average molecular weight is 174 g/mol. The smallest absolute Gasteiger partial charge is 0.303 e. The van der Waals surface area contributed by atoms with Crippen molar-refractivity contribution >= 4 is 24.5 Å². The molecule has 0 aromatic carbocycles. The van der Waals surface area contributed by atoms with Crippen LogP contribution in [-0.4, -0.2) is 24.5 Å². The molecule has 12 heavy (non-hydrogen) atoms. The monoisotopic (exact) mass is 174 g/mol. The fraction of sp³-hybridized carbons (Fsp3) is 0.333. The maximum Gasteiger partial charge on any atom is 0.362 e. The molecule has 0 atom stereocenters. The Kier molecular flexibility index (Phi) is 5.16. The van der Waals surface area contributed by atoms with Crippen LogP contribution < -0.4 is 0 Å². The van der Waals surface area contributed by atoms with Gasteiger partial charge in [0.1, 0.15) is 25.4 Å². The highest BCUT2D eigenvalue weighted by Gasteiger charge is 2.07. The summed E-state index contributed by atoms with van der Waals surface area (Å²) in [6.45, 7) is 0. The standard InChI is InChI=1S/C6H6O6/c7-3-1-5(9)11-12-6(10)2-4-8/h3-4H,1-2H2. The Hall–Kier alpha value is -1.72. The summed E-state index contributed by atoms with van der Waals surface area (Å²) < 4.78 is 0. The Morgan fingerprint density at radius 2 is 1.25 bits per heavy atom. The van der Waals surface area contributed by atoms with Crippen LogP contribution in [0.15, 0.2) is 0 Å². The average Bonchev–Trinajstić information content (AvgIpc) is 2.02. The van der Waals surface area contributed by atoms with Gasteiger partial charge in [-0.3, -0.25) is 0 Å². The van der Waals surface area contributed by atoms with Crippen molar-refractivity contribution in [2.45, 2.75) is 12.8 Å². The number of aldehydes is 2. The first-order chi connectivity index (χ1) is 5.70. The molecule has 0 aliphatic rings. The highest BCUT2D eigenvalue weighted by molar-refractivity contribution is 5.86. The molecule has 0 aromatic heterocycles. The summed E-state index contributed by atoms with van der Waals surface area (Å²) in [5, 5.41) is 0. The van der Waals surface area contributed by atoms with Crippen LogP contribution in [0.3, 0.4) is 0 Å². The predicted octanol–water partition coefficient (Wildman–Crippen LogP) is -0.834. The fourth-order valence-corrected chi connectivity index (χ4v) is 0.297. The number of carbonyl (C=O) groups is 4. The van der Waals surface area contributed by atoms with Gasteiger partial charge in [0.2, 0.25) is 0 Å². The lowest BCUT2D eigenvalue weighted by Crippen LogP contribution is -2.11. The molecule has 0 fully saturated rings. The van der Waals surface area contributed by atoms with Crippen molar-refractivity contribution in [1.82, 2.24) is 0 Å². The molecule has 0 saturated heterocycles. The summed E-state index contributed by atoms with van der Waals surface area (Å²) in [4.78, 5) is 47.7. The summed E-state index contributed by atoms with van der Waals surface area (Å²) >= 11 is 0. The Morgan fingerprint density at radius 1 is 0.917 bits per heavy atom. The lowest BCUT2D eigenvalue weighted by molar-refractivity contribution is -0.258. The van der Waals surface area contributed by atoms with Gasteiger partial charge in [-0.25, -0.2) is 19.4 Å². The summed E-state index contributed by atoms with van der Waals surface area (Å²) in [6.07, 6.45) is -0.380. The van der Waals surface area contributed by atoms with Crippen LogP contribution in [0.25, 0.3) is 0 Å². The molecule has 0 aliphatic heterocycles. The predicted molar refractivity (Wildman–Crippen MR) is 33.5 cm³/mol. The molecule has 6 nitrogen and oxygen atoms in total.